The molecule has 3 aliphatic rings. The molecule has 2 bridgehead atoms. The molecule has 5 heteroatoms. The van der Waals surface area contributed by atoms with Crippen LogP contribution in [-0.2, 0) is 11.2 Å². The van der Waals surface area contributed by atoms with Crippen molar-refractivity contribution in [1.82, 2.24) is 9.88 Å². The number of aryl methyl sites for hydroxylation is 2. The second kappa shape index (κ2) is 8.18. The molecule has 0 saturated carbocycles. The third-order valence-electron chi connectivity index (χ3n) is 7.48. The molecule has 0 aliphatic carbocycles. The maximum absolute atomic E-state index is 13.1. The normalized spacial score (nSPS) is 27.8. The number of piperidine rings is 3. The Hall–Kier alpha value is -2.56. The van der Waals surface area contributed by atoms with Gasteiger partial charge in [0.05, 0.1) is 7.11 Å². The molecule has 5 rings (SSSR count). The van der Waals surface area contributed by atoms with Crippen LogP contribution in [0.3, 0.4) is 0 Å². The Bertz CT molecular complexity index is 955. The number of rotatable bonds is 4. The van der Waals surface area contributed by atoms with Crippen LogP contribution in [0.15, 0.2) is 36.4 Å². The molecule has 164 valence electrons. The highest BCUT2D eigenvalue weighted by atomic mass is 16.5. The predicted molar refractivity (Wildman–Crippen MR) is 122 cm³/mol. The van der Waals surface area contributed by atoms with Crippen LogP contribution in [0.5, 0.6) is 5.75 Å². The van der Waals surface area contributed by atoms with Crippen molar-refractivity contribution in [3.05, 3.63) is 53.2 Å². The van der Waals surface area contributed by atoms with Gasteiger partial charge >= 0.3 is 0 Å². The molecule has 0 spiro atoms. The molecule has 1 aromatic heterocycles. The summed E-state index contributed by atoms with van der Waals surface area (Å²) < 4.78 is 5.45. The minimum Gasteiger partial charge on any atom is -0.497 e. The predicted octanol–water partition coefficient (Wildman–Crippen LogP) is 4.16. The first kappa shape index (κ1) is 20.3. The summed E-state index contributed by atoms with van der Waals surface area (Å²) >= 11 is 0. The fourth-order valence-electron chi connectivity index (χ4n) is 6.25. The van der Waals surface area contributed by atoms with Crippen molar-refractivity contribution < 1.29 is 9.53 Å². The molecule has 1 aromatic carbocycles. The summed E-state index contributed by atoms with van der Waals surface area (Å²) in [7, 11) is 1.71. The monoisotopic (exact) mass is 419 g/mol. The van der Waals surface area contributed by atoms with Gasteiger partial charge in [0.2, 0.25) is 5.91 Å². The van der Waals surface area contributed by atoms with Crippen LogP contribution in [-0.4, -0.2) is 48.1 Å². The molecule has 3 fully saturated rings. The standard InChI is InChI=1S/C26H33N3O2/c1-17-10-18(2)27-25(11-17)28-15-20-14-21(16-28)24(29-23(20)8-5-9-26(29)30)13-19-6-4-7-22(12-19)31-3/h4,6-7,10-12,20-21,23-24H,5,8-9,13-16H2,1-3H3/t20-,21+,23+,24+/m1/s1. The second-order valence-corrected chi connectivity index (χ2v) is 9.69. The van der Waals surface area contributed by atoms with Crippen LogP contribution in [0.25, 0.3) is 0 Å². The number of aromatic nitrogens is 1. The summed E-state index contributed by atoms with van der Waals surface area (Å²) in [6, 6.07) is 13.3. The average Bonchev–Trinajstić information content (AvgIpc) is 2.76. The lowest BCUT2D eigenvalue weighted by atomic mass is 9.70. The highest BCUT2D eigenvalue weighted by Crippen LogP contribution is 2.43. The number of nitrogens with zero attached hydrogens (tertiary/aromatic N) is 3. The van der Waals surface area contributed by atoms with Crippen LogP contribution < -0.4 is 9.64 Å². The van der Waals surface area contributed by atoms with Gasteiger partial charge < -0.3 is 14.5 Å². The van der Waals surface area contributed by atoms with Crippen LogP contribution >= 0.6 is 0 Å². The van der Waals surface area contributed by atoms with E-state index in [1.807, 2.05) is 6.07 Å². The topological polar surface area (TPSA) is 45.7 Å². The van der Waals surface area contributed by atoms with Gasteiger partial charge in [0.15, 0.2) is 0 Å². The van der Waals surface area contributed by atoms with E-state index < -0.39 is 0 Å². The van der Waals surface area contributed by atoms with E-state index in [0.29, 0.717) is 30.2 Å². The van der Waals surface area contributed by atoms with Gasteiger partial charge in [-0.05, 0) is 86.8 Å². The van der Waals surface area contributed by atoms with Gasteiger partial charge in [-0.25, -0.2) is 4.98 Å². The Morgan fingerprint density at radius 2 is 1.97 bits per heavy atom. The van der Waals surface area contributed by atoms with Gasteiger partial charge in [0, 0.05) is 37.3 Å². The highest BCUT2D eigenvalue weighted by molar-refractivity contribution is 5.78. The molecule has 2 aromatic rings. The summed E-state index contributed by atoms with van der Waals surface area (Å²) in [5.41, 5.74) is 3.59. The third kappa shape index (κ3) is 3.90. The minimum atomic E-state index is 0.245. The SMILES string of the molecule is COc1cccc(C[C@H]2[C@H]3C[C@H](CN(c4cc(C)cc(C)n4)C3)[C@@H]3CCCC(=O)N32)c1. The Kier molecular flexibility index (Phi) is 5.37. The lowest BCUT2D eigenvalue weighted by Gasteiger charge is -2.57. The molecule has 0 unspecified atom stereocenters. The molecular formula is C26H33N3O2. The highest BCUT2D eigenvalue weighted by Gasteiger charge is 2.49. The van der Waals surface area contributed by atoms with Gasteiger partial charge in [0.25, 0.3) is 0 Å². The van der Waals surface area contributed by atoms with Gasteiger partial charge in [-0.2, -0.15) is 0 Å². The van der Waals surface area contributed by atoms with Crippen LogP contribution in [0, 0.1) is 25.7 Å². The smallest absolute Gasteiger partial charge is 0.223 e. The number of anilines is 1. The van der Waals surface area contributed by atoms with Crippen molar-refractivity contribution in [3.8, 4) is 5.75 Å². The largest absolute Gasteiger partial charge is 0.497 e. The summed E-state index contributed by atoms with van der Waals surface area (Å²) in [4.78, 5) is 22.8. The van der Waals surface area contributed by atoms with Crippen molar-refractivity contribution in [2.45, 2.75) is 58.0 Å². The van der Waals surface area contributed by atoms with Crippen molar-refractivity contribution in [2.24, 2.45) is 11.8 Å². The molecule has 31 heavy (non-hydrogen) atoms. The lowest BCUT2D eigenvalue weighted by Crippen LogP contribution is -2.65. The first-order valence-corrected chi connectivity index (χ1v) is 11.7. The Labute approximate surface area is 185 Å². The second-order valence-electron chi connectivity index (χ2n) is 9.69. The van der Waals surface area contributed by atoms with E-state index in [1.165, 1.54) is 17.5 Å². The number of methoxy groups -OCH3 is 1. The van der Waals surface area contributed by atoms with Crippen LogP contribution in [0.1, 0.15) is 42.5 Å². The molecular weight excluding hydrogens is 386 g/mol. The van der Waals surface area contributed by atoms with Crippen molar-refractivity contribution in [1.29, 1.82) is 0 Å². The van der Waals surface area contributed by atoms with Gasteiger partial charge in [-0.15, -0.1) is 0 Å². The number of fused-ring (bicyclic) bond motifs is 4. The number of carbonyl (C=O) groups excluding carboxylic acids is 1. The maximum Gasteiger partial charge on any atom is 0.223 e. The van der Waals surface area contributed by atoms with E-state index in [1.54, 1.807) is 7.11 Å². The van der Waals surface area contributed by atoms with E-state index in [0.717, 1.165) is 49.6 Å². The quantitative estimate of drug-likeness (QED) is 0.747. The molecule has 1 amide bonds. The van der Waals surface area contributed by atoms with E-state index in [9.17, 15) is 4.79 Å². The van der Waals surface area contributed by atoms with Crippen molar-refractivity contribution in [2.75, 3.05) is 25.1 Å². The molecule has 0 N–H and O–H groups in total. The first-order chi connectivity index (χ1) is 15.0. The average molecular weight is 420 g/mol. The molecule has 4 atom stereocenters. The first-order valence-electron chi connectivity index (χ1n) is 11.7. The number of pyridine rings is 1. The summed E-state index contributed by atoms with van der Waals surface area (Å²) in [6.07, 6.45) is 4.96. The molecule has 3 aliphatic heterocycles. The van der Waals surface area contributed by atoms with Crippen molar-refractivity contribution in [3.63, 3.8) is 0 Å². The minimum absolute atomic E-state index is 0.245. The number of amides is 1. The van der Waals surface area contributed by atoms with Crippen molar-refractivity contribution >= 4 is 11.7 Å². The number of carbonyl (C=O) groups is 1. The zero-order valence-corrected chi connectivity index (χ0v) is 18.9. The third-order valence-corrected chi connectivity index (χ3v) is 7.48. The van der Waals surface area contributed by atoms with E-state index in [-0.39, 0.29) is 6.04 Å². The lowest BCUT2D eigenvalue weighted by molar-refractivity contribution is -0.148. The number of ether oxygens (including phenoxy) is 1. The maximum atomic E-state index is 13.1. The number of hydrogen-bond donors (Lipinski definition) is 0. The Balaban J connectivity index is 1.47. The zero-order chi connectivity index (χ0) is 21.5. The fourth-order valence-corrected chi connectivity index (χ4v) is 6.25. The van der Waals surface area contributed by atoms with E-state index in [2.05, 4.69) is 54.0 Å². The molecule has 5 nitrogen and oxygen atoms in total. The van der Waals surface area contributed by atoms with Crippen LogP contribution in [0.2, 0.25) is 0 Å². The summed E-state index contributed by atoms with van der Waals surface area (Å²) in [6.45, 7) is 6.20. The van der Waals surface area contributed by atoms with E-state index >= 15 is 0 Å². The summed E-state index contributed by atoms with van der Waals surface area (Å²) in [5.74, 6) is 3.34. The van der Waals surface area contributed by atoms with Gasteiger partial charge in [-0.1, -0.05) is 12.1 Å². The fraction of sp³-hybridized carbons (Fsp3) is 0.538. The van der Waals surface area contributed by atoms with Gasteiger partial charge in [0.1, 0.15) is 11.6 Å². The number of hydrogen-bond acceptors (Lipinski definition) is 4. The van der Waals surface area contributed by atoms with Crippen LogP contribution in [0.4, 0.5) is 5.82 Å². The Morgan fingerprint density at radius 3 is 2.77 bits per heavy atom. The molecule has 0 radical (unpaired) electrons. The molecule has 4 heterocycles. The Morgan fingerprint density at radius 1 is 1.13 bits per heavy atom. The summed E-state index contributed by atoms with van der Waals surface area (Å²) in [5, 5.41) is 0. The number of benzene rings is 1. The molecule has 3 saturated heterocycles. The van der Waals surface area contributed by atoms with E-state index in [4.69, 9.17) is 9.72 Å². The zero-order valence-electron chi connectivity index (χ0n) is 18.9. The van der Waals surface area contributed by atoms with Gasteiger partial charge in [-0.3, -0.25) is 4.79 Å².